The van der Waals surface area contributed by atoms with Gasteiger partial charge in [0.05, 0.1) is 36.1 Å². The number of anilines is 2. The van der Waals surface area contributed by atoms with Gasteiger partial charge in [-0.05, 0) is 23.8 Å². The number of nitrogens with two attached hydrogens (primary N) is 2. The van der Waals surface area contributed by atoms with Gasteiger partial charge >= 0.3 is 5.97 Å². The van der Waals surface area contributed by atoms with E-state index in [-0.39, 0.29) is 24.3 Å². The van der Waals surface area contributed by atoms with Crippen LogP contribution in [0.3, 0.4) is 0 Å². The number of amides is 3. The lowest BCUT2D eigenvalue weighted by molar-refractivity contribution is -0.139. The lowest BCUT2D eigenvalue weighted by atomic mass is 10.0. The highest BCUT2D eigenvalue weighted by Gasteiger charge is 2.28. The number of aromatic amines is 2. The Bertz CT molecular complexity index is 1650. The molecule has 1 saturated heterocycles. The predicted molar refractivity (Wildman–Crippen MR) is 173 cm³/mol. The monoisotopic (exact) mass is 642 g/mol. The molecule has 1 aliphatic rings. The van der Waals surface area contributed by atoms with Crippen LogP contribution >= 0.6 is 0 Å². The van der Waals surface area contributed by atoms with Crippen LogP contribution in [-0.4, -0.2) is 97.9 Å². The van der Waals surface area contributed by atoms with E-state index < -0.39 is 35.9 Å². The van der Waals surface area contributed by atoms with E-state index in [2.05, 4.69) is 30.6 Å². The first kappa shape index (κ1) is 32.8. The molecular weight excluding hydrogens is 604 g/mol. The second kappa shape index (κ2) is 15.2. The molecule has 3 amide bonds. The molecule has 9 N–H and O–H groups in total. The van der Waals surface area contributed by atoms with Crippen LogP contribution in [0, 0.1) is 0 Å². The van der Waals surface area contributed by atoms with Crippen LogP contribution in [0.1, 0.15) is 27.3 Å². The van der Waals surface area contributed by atoms with Crippen molar-refractivity contribution in [2.75, 3.05) is 36.4 Å². The largest absolute Gasteiger partial charge is 0.480 e. The Morgan fingerprint density at radius 2 is 1.49 bits per heavy atom. The van der Waals surface area contributed by atoms with E-state index in [0.717, 1.165) is 11.3 Å². The van der Waals surface area contributed by atoms with E-state index in [1.807, 2.05) is 11.0 Å². The van der Waals surface area contributed by atoms with Gasteiger partial charge in [-0.15, -0.1) is 0 Å². The smallest absolute Gasteiger partial charge is 0.326 e. The summed E-state index contributed by atoms with van der Waals surface area (Å²) in [5.41, 5.74) is 15.7. The van der Waals surface area contributed by atoms with Crippen molar-refractivity contribution in [1.29, 1.82) is 0 Å². The van der Waals surface area contributed by atoms with Crippen molar-refractivity contribution < 1.29 is 24.3 Å². The lowest BCUT2D eigenvalue weighted by Crippen LogP contribution is -2.53. The summed E-state index contributed by atoms with van der Waals surface area (Å²) in [4.78, 5) is 69.1. The highest BCUT2D eigenvalue weighted by molar-refractivity contribution is 6.02. The zero-order valence-corrected chi connectivity index (χ0v) is 25.6. The number of benzene rings is 2. The zero-order valence-electron chi connectivity index (χ0n) is 25.6. The average molecular weight is 643 g/mol. The Balaban J connectivity index is 1.31. The van der Waals surface area contributed by atoms with E-state index in [0.29, 0.717) is 49.7 Å². The summed E-state index contributed by atoms with van der Waals surface area (Å²) in [7, 11) is 0. The van der Waals surface area contributed by atoms with Gasteiger partial charge < -0.3 is 47.0 Å². The number of carboxylic acid groups (broad SMARTS) is 1. The number of aliphatic carboxylic acids is 1. The fraction of sp³-hybridized carbons (Fsp3) is 0.312. The third-order valence-corrected chi connectivity index (χ3v) is 7.98. The number of carbonyl (C=O) groups excluding carboxylic acids is 3. The second-order valence-electron chi connectivity index (χ2n) is 11.4. The number of carboxylic acids is 1. The summed E-state index contributed by atoms with van der Waals surface area (Å²) in [6.07, 6.45) is 6.90. The molecule has 3 atom stereocenters. The van der Waals surface area contributed by atoms with Crippen LogP contribution in [0.5, 0.6) is 0 Å². The van der Waals surface area contributed by atoms with Crippen LogP contribution in [-0.2, 0) is 33.6 Å². The molecule has 0 spiro atoms. The van der Waals surface area contributed by atoms with Gasteiger partial charge in [-0.2, -0.15) is 0 Å². The number of nitrogens with zero attached hydrogens (tertiary/aromatic N) is 4. The summed E-state index contributed by atoms with van der Waals surface area (Å²) in [5.74, 6) is -2.44. The maximum Gasteiger partial charge on any atom is 0.326 e. The van der Waals surface area contributed by atoms with E-state index >= 15 is 0 Å². The molecule has 1 aliphatic heterocycles. The van der Waals surface area contributed by atoms with Crippen LogP contribution in [0.15, 0.2) is 73.6 Å². The second-order valence-corrected chi connectivity index (χ2v) is 11.4. The molecule has 5 rings (SSSR count). The molecule has 2 aromatic carbocycles. The topological polar surface area (TPSA) is 228 Å². The lowest BCUT2D eigenvalue weighted by Gasteiger charge is -2.38. The highest BCUT2D eigenvalue weighted by atomic mass is 16.4. The Hall–Kier alpha value is -5.54. The predicted octanol–water partition coefficient (Wildman–Crippen LogP) is 0.286. The Morgan fingerprint density at radius 3 is 2.09 bits per heavy atom. The van der Waals surface area contributed by atoms with Crippen molar-refractivity contribution in [3.8, 4) is 0 Å². The number of piperazine rings is 1. The molecule has 1 fully saturated rings. The number of imidazole rings is 2. The van der Waals surface area contributed by atoms with Crippen molar-refractivity contribution in [3.05, 3.63) is 96.1 Å². The minimum atomic E-state index is -1.17. The Kier molecular flexibility index (Phi) is 10.6. The summed E-state index contributed by atoms with van der Waals surface area (Å²) < 4.78 is 0. The molecule has 0 aliphatic carbocycles. The number of nitrogens with one attached hydrogen (secondary N) is 4. The van der Waals surface area contributed by atoms with E-state index in [1.54, 1.807) is 53.7 Å². The van der Waals surface area contributed by atoms with Gasteiger partial charge in [-0.25, -0.2) is 14.8 Å². The summed E-state index contributed by atoms with van der Waals surface area (Å²) in [5, 5.41) is 15.3. The van der Waals surface area contributed by atoms with Crippen molar-refractivity contribution >= 4 is 35.1 Å². The minimum Gasteiger partial charge on any atom is -0.480 e. The molecule has 47 heavy (non-hydrogen) atoms. The number of hydrogen-bond donors (Lipinski definition) is 7. The van der Waals surface area contributed by atoms with Gasteiger partial charge in [0.2, 0.25) is 11.8 Å². The summed E-state index contributed by atoms with van der Waals surface area (Å²) in [6, 6.07) is 11.0. The summed E-state index contributed by atoms with van der Waals surface area (Å²) >= 11 is 0. The van der Waals surface area contributed by atoms with Gasteiger partial charge in [0.15, 0.2) is 0 Å². The van der Waals surface area contributed by atoms with Crippen molar-refractivity contribution in [2.45, 2.75) is 37.4 Å². The number of aromatic nitrogens is 4. The van der Waals surface area contributed by atoms with Gasteiger partial charge in [-0.1, -0.05) is 30.3 Å². The van der Waals surface area contributed by atoms with E-state index in [9.17, 15) is 24.3 Å². The fourth-order valence-corrected chi connectivity index (χ4v) is 5.42. The van der Waals surface area contributed by atoms with Crippen LogP contribution in [0.25, 0.3) is 0 Å². The Labute approximate surface area is 270 Å². The van der Waals surface area contributed by atoms with Gasteiger partial charge in [0.1, 0.15) is 6.04 Å². The highest BCUT2D eigenvalue weighted by Crippen LogP contribution is 2.29. The quantitative estimate of drug-likeness (QED) is 0.105. The third kappa shape index (κ3) is 8.59. The average Bonchev–Trinajstić information content (AvgIpc) is 3.79. The first-order chi connectivity index (χ1) is 22.7. The van der Waals surface area contributed by atoms with E-state index in [1.165, 1.54) is 18.7 Å². The third-order valence-electron chi connectivity index (χ3n) is 7.98. The fourth-order valence-electron chi connectivity index (χ4n) is 5.42. The molecular formula is C32H38N10O5. The first-order valence-electron chi connectivity index (χ1n) is 15.2. The number of H-pyrrole nitrogens is 2. The molecule has 0 bridgehead atoms. The normalized spacial score (nSPS) is 15.0. The maximum atomic E-state index is 13.3. The maximum absolute atomic E-state index is 13.3. The van der Waals surface area contributed by atoms with Gasteiger partial charge in [-0.3, -0.25) is 14.4 Å². The summed E-state index contributed by atoms with van der Waals surface area (Å²) in [6.45, 7) is 1.67. The van der Waals surface area contributed by atoms with Crippen LogP contribution in [0.2, 0.25) is 0 Å². The number of carbonyl (C=O) groups is 4. The number of rotatable bonds is 13. The van der Waals surface area contributed by atoms with Gasteiger partial charge in [0, 0.05) is 74.8 Å². The SMILES string of the molecule is N[C@@H](Cc1cnc[nH]1)C(=O)Nc1cc(C(=O)N[C@@H](Cc2ccccc2)C(=O)O)ccc1N1CCN(C(=O)[C@@H](N)Cc2cnc[nH]2)CC1. The standard InChI is InChI=1S/C32H38N10O5/c33-24(14-22-16-35-18-37-22)30(44)39-26-13-21(29(43)40-27(32(46)47)12-20-4-2-1-3-5-20)6-7-28(26)41-8-10-42(11-9-41)31(45)25(34)15-23-17-36-19-38-23/h1-7,13,16-19,24-25,27H,8-12,14-15,33-34H2,(H,35,37)(H,36,38)(H,39,44)(H,40,43)(H,46,47)/t24-,25-,27-/m0/s1. The van der Waals surface area contributed by atoms with Crippen LogP contribution < -0.4 is 27.0 Å². The molecule has 2 aromatic heterocycles. The molecule has 4 aromatic rings. The first-order valence-corrected chi connectivity index (χ1v) is 15.2. The molecule has 0 unspecified atom stereocenters. The van der Waals surface area contributed by atoms with Crippen LogP contribution in [0.4, 0.5) is 11.4 Å². The van der Waals surface area contributed by atoms with Crippen molar-refractivity contribution in [1.82, 2.24) is 30.2 Å². The van der Waals surface area contributed by atoms with Gasteiger partial charge in [0.25, 0.3) is 5.91 Å². The molecule has 246 valence electrons. The zero-order chi connectivity index (χ0) is 33.3. The molecule has 3 heterocycles. The molecule has 15 nitrogen and oxygen atoms in total. The minimum absolute atomic E-state index is 0.0978. The van der Waals surface area contributed by atoms with Crippen molar-refractivity contribution in [2.24, 2.45) is 11.5 Å². The van der Waals surface area contributed by atoms with Crippen molar-refractivity contribution in [3.63, 3.8) is 0 Å². The van der Waals surface area contributed by atoms with E-state index in [4.69, 9.17) is 11.5 Å². The number of hydrogen-bond acceptors (Lipinski definition) is 9. The Morgan fingerprint density at radius 1 is 0.851 bits per heavy atom. The molecule has 0 saturated carbocycles. The molecule has 15 heteroatoms. The molecule has 0 radical (unpaired) electrons.